The Morgan fingerprint density at radius 1 is 1.00 bits per heavy atom. The van der Waals surface area contributed by atoms with Crippen molar-refractivity contribution in [2.45, 2.75) is 37.6 Å². The Kier molecular flexibility index (Phi) is 5.60. The Labute approximate surface area is 170 Å². The molecule has 0 bridgehead atoms. The number of hydrogen-bond acceptors (Lipinski definition) is 3. The van der Waals surface area contributed by atoms with Crippen LogP contribution < -0.4 is 10.6 Å². The summed E-state index contributed by atoms with van der Waals surface area (Å²) in [6, 6.07) is 17.0. The fourth-order valence-electron chi connectivity index (χ4n) is 4.13. The van der Waals surface area contributed by atoms with Crippen molar-refractivity contribution in [3.05, 3.63) is 65.7 Å². The molecule has 1 atom stereocenters. The molecule has 2 aliphatic heterocycles. The summed E-state index contributed by atoms with van der Waals surface area (Å²) >= 11 is 0. The summed E-state index contributed by atoms with van der Waals surface area (Å²) in [6.45, 7) is 1.27. The number of carbonyl (C=O) groups excluding carboxylic acids is 3. The van der Waals surface area contributed by atoms with Gasteiger partial charge in [0.1, 0.15) is 0 Å². The van der Waals surface area contributed by atoms with Crippen LogP contribution >= 0.6 is 0 Å². The maximum atomic E-state index is 12.5. The maximum Gasteiger partial charge on any atom is 0.253 e. The summed E-state index contributed by atoms with van der Waals surface area (Å²) in [5, 5.41) is 5.95. The van der Waals surface area contributed by atoms with Crippen LogP contribution in [0.2, 0.25) is 0 Å². The smallest absolute Gasteiger partial charge is 0.253 e. The summed E-state index contributed by atoms with van der Waals surface area (Å²) in [5.74, 6) is -0.287. The summed E-state index contributed by atoms with van der Waals surface area (Å²) in [5.41, 5.74) is 2.52. The van der Waals surface area contributed by atoms with Gasteiger partial charge in [0.25, 0.3) is 5.91 Å². The van der Waals surface area contributed by atoms with E-state index in [-0.39, 0.29) is 29.7 Å². The number of anilines is 1. The number of hydrogen-bond donors (Lipinski definition) is 2. The average molecular weight is 391 g/mol. The molecule has 1 unspecified atom stereocenters. The third kappa shape index (κ3) is 4.31. The number of amides is 3. The topological polar surface area (TPSA) is 78.5 Å². The Morgan fingerprint density at radius 3 is 2.45 bits per heavy atom. The van der Waals surface area contributed by atoms with Crippen molar-refractivity contribution in [3.63, 3.8) is 0 Å². The van der Waals surface area contributed by atoms with Gasteiger partial charge in [-0.25, -0.2) is 0 Å². The fourth-order valence-corrected chi connectivity index (χ4v) is 4.13. The molecule has 0 spiro atoms. The van der Waals surface area contributed by atoms with Gasteiger partial charge in [-0.05, 0) is 43.0 Å². The molecule has 0 aromatic heterocycles. The van der Waals surface area contributed by atoms with E-state index in [4.69, 9.17) is 0 Å². The third-order valence-corrected chi connectivity index (χ3v) is 5.74. The molecule has 6 heteroatoms. The molecule has 3 amide bonds. The van der Waals surface area contributed by atoms with Gasteiger partial charge >= 0.3 is 0 Å². The van der Waals surface area contributed by atoms with E-state index in [0.29, 0.717) is 31.5 Å². The predicted octanol–water partition coefficient (Wildman–Crippen LogP) is 2.92. The fraction of sp³-hybridized carbons (Fsp3) is 0.348. The number of benzene rings is 2. The first kappa shape index (κ1) is 19.2. The molecule has 150 valence electrons. The number of carbonyl (C=O) groups is 3. The van der Waals surface area contributed by atoms with Crippen LogP contribution in [0.25, 0.3) is 0 Å². The number of fused-ring (bicyclic) bond motifs is 1. The molecule has 2 N–H and O–H groups in total. The zero-order valence-corrected chi connectivity index (χ0v) is 16.3. The van der Waals surface area contributed by atoms with Gasteiger partial charge in [0, 0.05) is 36.8 Å². The lowest BCUT2D eigenvalue weighted by Gasteiger charge is -2.32. The lowest BCUT2D eigenvalue weighted by Crippen LogP contribution is -2.46. The Balaban J connectivity index is 1.23. The summed E-state index contributed by atoms with van der Waals surface area (Å²) in [6.07, 6.45) is 2.31. The van der Waals surface area contributed by atoms with Gasteiger partial charge in [0.2, 0.25) is 11.8 Å². The van der Waals surface area contributed by atoms with Crippen LogP contribution in [0, 0.1) is 0 Å². The predicted molar refractivity (Wildman–Crippen MR) is 111 cm³/mol. The van der Waals surface area contributed by atoms with Gasteiger partial charge in [0.15, 0.2) is 0 Å². The standard InChI is InChI=1S/C23H25N3O3/c27-21(11-10-19-18-8-4-5-9-20(18)25-22(19)28)24-17-12-14-26(15-13-17)23(29)16-6-2-1-3-7-16/h1-9,17,19H,10-15H2,(H,24,27)(H,25,28). The molecule has 4 rings (SSSR count). The highest BCUT2D eigenvalue weighted by Crippen LogP contribution is 2.34. The van der Waals surface area contributed by atoms with Crippen molar-refractivity contribution < 1.29 is 14.4 Å². The molecule has 2 aliphatic rings. The van der Waals surface area contributed by atoms with E-state index >= 15 is 0 Å². The SMILES string of the molecule is O=C(CCC1C(=O)Nc2ccccc21)NC1CCN(C(=O)c2ccccc2)CC1. The summed E-state index contributed by atoms with van der Waals surface area (Å²) < 4.78 is 0. The second kappa shape index (κ2) is 8.47. The minimum absolute atomic E-state index is 0.0324. The van der Waals surface area contributed by atoms with Crippen molar-refractivity contribution in [3.8, 4) is 0 Å². The molecule has 29 heavy (non-hydrogen) atoms. The van der Waals surface area contributed by atoms with Gasteiger partial charge < -0.3 is 15.5 Å². The Hall–Kier alpha value is -3.15. The average Bonchev–Trinajstić information content (AvgIpc) is 3.08. The first-order chi connectivity index (χ1) is 14.1. The quantitative estimate of drug-likeness (QED) is 0.823. The lowest BCUT2D eigenvalue weighted by atomic mass is 9.95. The maximum absolute atomic E-state index is 12.5. The summed E-state index contributed by atoms with van der Waals surface area (Å²) in [7, 11) is 0. The van der Waals surface area contributed by atoms with Gasteiger partial charge in [-0.15, -0.1) is 0 Å². The van der Waals surface area contributed by atoms with Crippen molar-refractivity contribution >= 4 is 23.4 Å². The molecule has 2 aromatic rings. The van der Waals surface area contributed by atoms with Crippen LogP contribution in [0.5, 0.6) is 0 Å². The number of piperidine rings is 1. The van der Waals surface area contributed by atoms with Crippen molar-refractivity contribution in [2.75, 3.05) is 18.4 Å². The van der Waals surface area contributed by atoms with Crippen LogP contribution in [0.15, 0.2) is 54.6 Å². The second-order valence-electron chi connectivity index (χ2n) is 7.67. The molecule has 1 saturated heterocycles. The van der Waals surface area contributed by atoms with Crippen molar-refractivity contribution in [2.24, 2.45) is 0 Å². The van der Waals surface area contributed by atoms with Gasteiger partial charge in [-0.1, -0.05) is 36.4 Å². The highest BCUT2D eigenvalue weighted by Gasteiger charge is 2.31. The van der Waals surface area contributed by atoms with Crippen molar-refractivity contribution in [1.82, 2.24) is 10.2 Å². The molecular formula is C23H25N3O3. The van der Waals surface area contributed by atoms with E-state index in [2.05, 4.69) is 10.6 Å². The van der Waals surface area contributed by atoms with E-state index in [1.54, 1.807) is 0 Å². The van der Waals surface area contributed by atoms with E-state index in [1.807, 2.05) is 59.5 Å². The zero-order chi connectivity index (χ0) is 20.2. The van der Waals surface area contributed by atoms with Crippen LogP contribution in [0.4, 0.5) is 5.69 Å². The molecule has 0 saturated carbocycles. The van der Waals surface area contributed by atoms with Crippen LogP contribution in [-0.4, -0.2) is 41.8 Å². The Morgan fingerprint density at radius 2 is 1.69 bits per heavy atom. The zero-order valence-electron chi connectivity index (χ0n) is 16.3. The number of nitrogens with one attached hydrogen (secondary N) is 2. The highest BCUT2D eigenvalue weighted by molar-refractivity contribution is 6.03. The first-order valence-corrected chi connectivity index (χ1v) is 10.2. The van der Waals surface area contributed by atoms with E-state index < -0.39 is 0 Å². The van der Waals surface area contributed by atoms with Crippen LogP contribution in [-0.2, 0) is 9.59 Å². The second-order valence-corrected chi connectivity index (χ2v) is 7.67. The first-order valence-electron chi connectivity index (χ1n) is 10.2. The molecule has 2 aromatic carbocycles. The summed E-state index contributed by atoms with van der Waals surface area (Å²) in [4.78, 5) is 38.9. The lowest BCUT2D eigenvalue weighted by molar-refractivity contribution is -0.122. The highest BCUT2D eigenvalue weighted by atomic mass is 16.2. The minimum atomic E-state index is -0.262. The molecular weight excluding hydrogens is 366 g/mol. The monoisotopic (exact) mass is 391 g/mol. The molecule has 6 nitrogen and oxygen atoms in total. The molecule has 2 heterocycles. The van der Waals surface area contributed by atoms with Gasteiger partial charge in [-0.2, -0.15) is 0 Å². The molecule has 1 fully saturated rings. The largest absolute Gasteiger partial charge is 0.353 e. The van der Waals surface area contributed by atoms with E-state index in [1.165, 1.54) is 0 Å². The van der Waals surface area contributed by atoms with Crippen LogP contribution in [0.1, 0.15) is 47.5 Å². The Bertz CT molecular complexity index is 905. The minimum Gasteiger partial charge on any atom is -0.353 e. The molecule has 0 radical (unpaired) electrons. The van der Waals surface area contributed by atoms with Gasteiger partial charge in [0.05, 0.1) is 5.92 Å². The third-order valence-electron chi connectivity index (χ3n) is 5.74. The van der Waals surface area contributed by atoms with Crippen molar-refractivity contribution in [1.29, 1.82) is 0 Å². The number of likely N-dealkylation sites (tertiary alicyclic amines) is 1. The molecule has 0 aliphatic carbocycles. The van der Waals surface area contributed by atoms with Gasteiger partial charge in [-0.3, -0.25) is 14.4 Å². The van der Waals surface area contributed by atoms with E-state index in [9.17, 15) is 14.4 Å². The normalized spacial score (nSPS) is 18.8. The number of para-hydroxylation sites is 1. The number of nitrogens with zero attached hydrogens (tertiary/aromatic N) is 1. The van der Waals surface area contributed by atoms with E-state index in [0.717, 1.165) is 24.1 Å². The number of rotatable bonds is 5. The van der Waals surface area contributed by atoms with Crippen LogP contribution in [0.3, 0.4) is 0 Å².